The Morgan fingerprint density at radius 2 is 1.53 bits per heavy atom. The van der Waals surface area contributed by atoms with Crippen LogP contribution in [0.3, 0.4) is 0 Å². The number of benzene rings is 2. The van der Waals surface area contributed by atoms with Crippen LogP contribution in [-0.4, -0.2) is 12.0 Å². The fourth-order valence-electron chi connectivity index (χ4n) is 2.55. The molecule has 3 rings (SSSR count). The predicted octanol–water partition coefficient (Wildman–Crippen LogP) is 4.43. The quantitative estimate of drug-likeness (QED) is 0.748. The molecule has 0 N–H and O–H groups in total. The Morgan fingerprint density at radius 1 is 0.895 bits per heavy atom. The van der Waals surface area contributed by atoms with Crippen molar-refractivity contribution in [3.63, 3.8) is 0 Å². The molecule has 0 saturated heterocycles. The van der Waals surface area contributed by atoms with Gasteiger partial charge in [-0.25, -0.2) is 0 Å². The highest BCUT2D eigenvalue weighted by Gasteiger charge is 2.26. The third kappa shape index (κ3) is 1.92. The van der Waals surface area contributed by atoms with Gasteiger partial charge < -0.3 is 0 Å². The van der Waals surface area contributed by atoms with Crippen molar-refractivity contribution in [1.29, 1.82) is 0 Å². The third-order valence-corrected chi connectivity index (χ3v) is 4.28. The highest BCUT2D eigenvalue weighted by Crippen LogP contribution is 2.37. The number of hydrogen-bond donors (Lipinski definition) is 0. The fourth-order valence-corrected chi connectivity index (χ4v) is 2.95. The van der Waals surface area contributed by atoms with Crippen molar-refractivity contribution in [1.82, 2.24) is 0 Å². The molecular weight excluding hydrogens is 252 g/mol. The molecule has 0 radical (unpaired) electrons. The van der Waals surface area contributed by atoms with Crippen molar-refractivity contribution in [3.8, 4) is 0 Å². The molecule has 2 aromatic rings. The predicted molar refractivity (Wildman–Crippen MR) is 80.7 cm³/mol. The lowest BCUT2D eigenvalue weighted by atomic mass is 9.98. The van der Waals surface area contributed by atoms with Crippen LogP contribution >= 0.6 is 11.8 Å². The van der Waals surface area contributed by atoms with E-state index in [0.717, 1.165) is 27.8 Å². The second-order valence-electron chi connectivity index (χ2n) is 4.60. The van der Waals surface area contributed by atoms with E-state index >= 15 is 0 Å². The fraction of sp³-hybridized carbons (Fsp3) is 0.118. The van der Waals surface area contributed by atoms with Gasteiger partial charge in [-0.2, -0.15) is 0 Å². The van der Waals surface area contributed by atoms with E-state index in [2.05, 4.69) is 30.5 Å². The number of carbonyl (C=O) groups is 1. The Morgan fingerprint density at radius 3 is 2.16 bits per heavy atom. The first-order valence-corrected chi connectivity index (χ1v) is 7.44. The maximum absolute atomic E-state index is 12.2. The van der Waals surface area contributed by atoms with Crippen LogP contribution in [0.1, 0.15) is 28.4 Å². The van der Waals surface area contributed by atoms with E-state index in [-0.39, 0.29) is 5.78 Å². The average molecular weight is 266 g/mol. The first-order valence-electron chi connectivity index (χ1n) is 6.22. The van der Waals surface area contributed by atoms with Crippen LogP contribution < -0.4 is 0 Å². The molecule has 0 spiro atoms. The molecule has 0 heterocycles. The minimum absolute atomic E-state index is 0.152. The number of rotatable bonds is 2. The molecule has 0 unspecified atom stereocenters. The van der Waals surface area contributed by atoms with Crippen LogP contribution in [-0.2, 0) is 0 Å². The molecule has 1 aliphatic rings. The normalized spacial score (nSPS) is 13.9. The zero-order valence-electron chi connectivity index (χ0n) is 10.9. The zero-order valence-corrected chi connectivity index (χ0v) is 11.8. The standard InChI is InChI=1S/C17H14OS/c1-11-16(12-7-9-13(19-2)10-8-12)14-5-3-4-6-15(14)17(11)18/h3-10H,1-2H3. The maximum atomic E-state index is 12.2. The van der Waals surface area contributed by atoms with Gasteiger partial charge in [-0.15, -0.1) is 11.8 Å². The van der Waals surface area contributed by atoms with Crippen molar-refractivity contribution < 1.29 is 4.79 Å². The van der Waals surface area contributed by atoms with Gasteiger partial charge in [-0.3, -0.25) is 4.79 Å². The maximum Gasteiger partial charge on any atom is 0.189 e. The number of allylic oxidation sites excluding steroid dienone is 1. The average Bonchev–Trinajstić information content (AvgIpc) is 2.72. The number of carbonyl (C=O) groups excluding carboxylic acids is 1. The van der Waals surface area contributed by atoms with Crippen LogP contribution in [0.4, 0.5) is 0 Å². The van der Waals surface area contributed by atoms with Gasteiger partial charge in [0.05, 0.1) is 0 Å². The second kappa shape index (κ2) is 4.71. The van der Waals surface area contributed by atoms with Gasteiger partial charge in [0.2, 0.25) is 0 Å². The van der Waals surface area contributed by atoms with Gasteiger partial charge in [-0.1, -0.05) is 36.4 Å². The minimum Gasteiger partial charge on any atom is -0.289 e. The largest absolute Gasteiger partial charge is 0.289 e. The summed E-state index contributed by atoms with van der Waals surface area (Å²) in [6.45, 7) is 1.92. The molecule has 2 aromatic carbocycles. The summed E-state index contributed by atoms with van der Waals surface area (Å²) in [6.07, 6.45) is 2.06. The van der Waals surface area contributed by atoms with E-state index in [0.29, 0.717) is 0 Å². The molecule has 0 amide bonds. The molecule has 1 aliphatic carbocycles. The Kier molecular flexibility index (Phi) is 3.03. The number of thioether (sulfide) groups is 1. The molecule has 0 saturated carbocycles. The van der Waals surface area contributed by atoms with Crippen LogP contribution in [0.15, 0.2) is 59.0 Å². The van der Waals surface area contributed by atoms with Crippen molar-refractivity contribution in [2.75, 3.05) is 6.26 Å². The van der Waals surface area contributed by atoms with Crippen molar-refractivity contribution in [2.45, 2.75) is 11.8 Å². The second-order valence-corrected chi connectivity index (χ2v) is 5.48. The molecule has 0 bridgehead atoms. The van der Waals surface area contributed by atoms with Crippen molar-refractivity contribution in [3.05, 3.63) is 70.8 Å². The highest BCUT2D eigenvalue weighted by atomic mass is 32.2. The smallest absolute Gasteiger partial charge is 0.189 e. The number of hydrogen-bond acceptors (Lipinski definition) is 2. The zero-order chi connectivity index (χ0) is 13.4. The SMILES string of the molecule is CSc1ccc(C2=C(C)C(=O)c3ccccc32)cc1. The summed E-state index contributed by atoms with van der Waals surface area (Å²) in [5, 5.41) is 0. The van der Waals surface area contributed by atoms with Crippen molar-refractivity contribution in [2.24, 2.45) is 0 Å². The number of fused-ring (bicyclic) bond motifs is 1. The van der Waals surface area contributed by atoms with E-state index in [4.69, 9.17) is 0 Å². The van der Waals surface area contributed by atoms with Gasteiger partial charge in [0.15, 0.2) is 5.78 Å². The van der Waals surface area contributed by atoms with E-state index in [1.807, 2.05) is 31.2 Å². The molecule has 0 fully saturated rings. The minimum atomic E-state index is 0.152. The summed E-state index contributed by atoms with van der Waals surface area (Å²) in [7, 11) is 0. The van der Waals surface area contributed by atoms with Gasteiger partial charge in [0.25, 0.3) is 0 Å². The number of Topliss-reactive ketones (excluding diaryl/α,β-unsaturated/α-hetero) is 1. The monoisotopic (exact) mass is 266 g/mol. The molecule has 0 atom stereocenters. The van der Waals surface area contributed by atoms with Crippen LogP contribution in [0.2, 0.25) is 0 Å². The van der Waals surface area contributed by atoms with E-state index in [1.54, 1.807) is 11.8 Å². The Bertz CT molecular complexity index is 681. The lowest BCUT2D eigenvalue weighted by molar-refractivity contribution is 0.103. The molecule has 0 aromatic heterocycles. The van der Waals surface area contributed by atoms with E-state index < -0.39 is 0 Å². The Labute approximate surface area is 117 Å². The van der Waals surface area contributed by atoms with Gasteiger partial charge in [0.1, 0.15) is 0 Å². The molecule has 19 heavy (non-hydrogen) atoms. The highest BCUT2D eigenvalue weighted by molar-refractivity contribution is 7.98. The Balaban J connectivity index is 2.16. The topological polar surface area (TPSA) is 17.1 Å². The van der Waals surface area contributed by atoms with Crippen LogP contribution in [0, 0.1) is 0 Å². The first kappa shape index (κ1) is 12.2. The molecule has 94 valence electrons. The summed E-state index contributed by atoms with van der Waals surface area (Å²) < 4.78 is 0. The summed E-state index contributed by atoms with van der Waals surface area (Å²) in [5.74, 6) is 0.152. The van der Waals surface area contributed by atoms with Crippen LogP contribution in [0.25, 0.3) is 5.57 Å². The lowest BCUT2D eigenvalue weighted by Gasteiger charge is -2.07. The molecule has 2 heteroatoms. The Hall–Kier alpha value is -1.80. The van der Waals surface area contributed by atoms with E-state index in [1.165, 1.54) is 4.90 Å². The van der Waals surface area contributed by atoms with Gasteiger partial charge in [0, 0.05) is 16.0 Å². The summed E-state index contributed by atoms with van der Waals surface area (Å²) >= 11 is 1.72. The summed E-state index contributed by atoms with van der Waals surface area (Å²) in [5.41, 5.74) is 4.92. The van der Waals surface area contributed by atoms with Gasteiger partial charge >= 0.3 is 0 Å². The molecular formula is C17H14OS. The van der Waals surface area contributed by atoms with Gasteiger partial charge in [-0.05, 0) is 42.0 Å². The molecule has 1 nitrogen and oxygen atoms in total. The summed E-state index contributed by atoms with van der Waals surface area (Å²) in [6, 6.07) is 16.2. The van der Waals surface area contributed by atoms with Crippen LogP contribution in [0.5, 0.6) is 0 Å². The number of ketones is 1. The lowest BCUT2D eigenvalue weighted by Crippen LogP contribution is -1.94. The molecule has 0 aliphatic heterocycles. The third-order valence-electron chi connectivity index (χ3n) is 3.54. The van der Waals surface area contributed by atoms with Crippen molar-refractivity contribution >= 4 is 23.1 Å². The summed E-state index contributed by atoms with van der Waals surface area (Å²) in [4.78, 5) is 13.5. The first-order chi connectivity index (χ1) is 9.22. The van der Waals surface area contributed by atoms with E-state index in [9.17, 15) is 4.79 Å².